The molecule has 0 saturated carbocycles. The van der Waals surface area contributed by atoms with E-state index in [1.165, 1.54) is 4.90 Å². The molecule has 3 rings (SSSR count). The van der Waals surface area contributed by atoms with E-state index in [1.807, 2.05) is 0 Å². The van der Waals surface area contributed by atoms with E-state index in [2.05, 4.69) is 11.8 Å². The van der Waals surface area contributed by atoms with Crippen LogP contribution in [0, 0.1) is 0 Å². The van der Waals surface area contributed by atoms with Crippen molar-refractivity contribution in [1.29, 1.82) is 0 Å². The predicted octanol–water partition coefficient (Wildman–Crippen LogP) is 1.82. The first-order valence-corrected chi connectivity index (χ1v) is 9.07. The van der Waals surface area contributed by atoms with Gasteiger partial charge in [-0.3, -0.25) is 9.69 Å². The van der Waals surface area contributed by atoms with Crippen LogP contribution in [0.4, 0.5) is 0 Å². The van der Waals surface area contributed by atoms with Gasteiger partial charge in [-0.25, -0.2) is 4.79 Å². The monoisotopic (exact) mass is 362 g/mol. The summed E-state index contributed by atoms with van der Waals surface area (Å²) in [4.78, 5) is 28.7. The molecule has 1 N–H and O–H groups in total. The van der Waals surface area contributed by atoms with Gasteiger partial charge in [0.1, 0.15) is 11.5 Å². The zero-order chi connectivity index (χ0) is 18.7. The van der Waals surface area contributed by atoms with Crippen LogP contribution in [0.5, 0.6) is 5.75 Å². The Morgan fingerprint density at radius 2 is 1.92 bits per heavy atom. The maximum Gasteiger partial charge on any atom is 0.328 e. The van der Waals surface area contributed by atoms with Crippen molar-refractivity contribution in [2.75, 3.05) is 33.4 Å². The largest absolute Gasteiger partial charge is 0.497 e. The number of piperidine rings is 1. The highest BCUT2D eigenvalue weighted by molar-refractivity contribution is 5.97. The first-order valence-electron chi connectivity index (χ1n) is 9.07. The molecule has 26 heavy (non-hydrogen) atoms. The normalized spacial score (nSPS) is 22.5. The highest BCUT2D eigenvalue weighted by Crippen LogP contribution is 2.38. The fourth-order valence-electron chi connectivity index (χ4n) is 3.87. The van der Waals surface area contributed by atoms with Crippen LogP contribution < -0.4 is 4.74 Å². The molecule has 0 aliphatic carbocycles. The van der Waals surface area contributed by atoms with Gasteiger partial charge in [-0.15, -0.1) is 0 Å². The van der Waals surface area contributed by atoms with Gasteiger partial charge < -0.3 is 19.5 Å². The number of rotatable bonds is 5. The van der Waals surface area contributed by atoms with Crippen LogP contribution in [0.1, 0.15) is 36.5 Å². The number of carboxylic acid groups (broad SMARTS) is 1. The first-order chi connectivity index (χ1) is 12.5. The van der Waals surface area contributed by atoms with Crippen LogP contribution in [-0.4, -0.2) is 71.9 Å². The van der Waals surface area contributed by atoms with Gasteiger partial charge in [0.25, 0.3) is 5.91 Å². The minimum atomic E-state index is -1.03. The lowest BCUT2D eigenvalue weighted by Crippen LogP contribution is -2.58. The Morgan fingerprint density at radius 3 is 2.46 bits per heavy atom. The Labute approximate surface area is 153 Å². The number of carbonyl (C=O) groups is 2. The summed E-state index contributed by atoms with van der Waals surface area (Å²) < 4.78 is 11.1. The van der Waals surface area contributed by atoms with Gasteiger partial charge in [0.2, 0.25) is 0 Å². The summed E-state index contributed by atoms with van der Waals surface area (Å²) in [6.07, 6.45) is 2.32. The minimum Gasteiger partial charge on any atom is -0.497 e. The van der Waals surface area contributed by atoms with Crippen LogP contribution in [0.2, 0.25) is 0 Å². The van der Waals surface area contributed by atoms with Crippen molar-refractivity contribution in [2.45, 2.75) is 38.0 Å². The van der Waals surface area contributed by atoms with E-state index in [4.69, 9.17) is 9.47 Å². The number of likely N-dealkylation sites (tertiary alicyclic amines) is 1. The molecule has 0 radical (unpaired) electrons. The zero-order valence-corrected chi connectivity index (χ0v) is 15.3. The Balaban J connectivity index is 1.85. The van der Waals surface area contributed by atoms with E-state index >= 15 is 0 Å². The third kappa shape index (κ3) is 3.41. The second kappa shape index (κ2) is 7.63. The molecule has 0 aromatic heterocycles. The molecule has 142 valence electrons. The maximum atomic E-state index is 13.2. The Hall–Kier alpha value is -2.12. The van der Waals surface area contributed by atoms with Crippen LogP contribution in [0.25, 0.3) is 0 Å². The average Bonchev–Trinajstić information content (AvgIpc) is 3.02. The van der Waals surface area contributed by atoms with Gasteiger partial charge in [-0.05, 0) is 37.2 Å². The molecule has 1 amide bonds. The molecule has 2 aliphatic heterocycles. The SMILES string of the molecule is CCCN1CCC2(CC1)OC[C@@H](C(=O)O)N2C(=O)c1ccc(OC)cc1. The number of methoxy groups -OCH3 is 1. The predicted molar refractivity (Wildman–Crippen MR) is 95.2 cm³/mol. The maximum absolute atomic E-state index is 13.2. The number of hydrogen-bond acceptors (Lipinski definition) is 5. The zero-order valence-electron chi connectivity index (χ0n) is 15.3. The summed E-state index contributed by atoms with van der Waals surface area (Å²) in [5.41, 5.74) is -0.387. The number of ether oxygens (including phenoxy) is 2. The van der Waals surface area contributed by atoms with Crippen LogP contribution in [-0.2, 0) is 9.53 Å². The fraction of sp³-hybridized carbons (Fsp3) is 0.579. The molecule has 0 unspecified atom stereocenters. The van der Waals surface area contributed by atoms with Crippen LogP contribution >= 0.6 is 0 Å². The quantitative estimate of drug-likeness (QED) is 0.861. The summed E-state index contributed by atoms with van der Waals surface area (Å²) >= 11 is 0. The summed E-state index contributed by atoms with van der Waals surface area (Å²) in [6.45, 7) is 4.77. The van der Waals surface area contributed by atoms with Gasteiger partial charge in [0.15, 0.2) is 6.04 Å². The van der Waals surface area contributed by atoms with Gasteiger partial charge >= 0.3 is 5.97 Å². The number of benzene rings is 1. The second-order valence-electron chi connectivity index (χ2n) is 6.86. The number of aliphatic carboxylic acids is 1. The molecule has 2 aliphatic rings. The topological polar surface area (TPSA) is 79.3 Å². The van der Waals surface area contributed by atoms with Crippen LogP contribution in [0.3, 0.4) is 0 Å². The van der Waals surface area contributed by atoms with Gasteiger partial charge in [0.05, 0.1) is 13.7 Å². The second-order valence-corrected chi connectivity index (χ2v) is 6.86. The summed E-state index contributed by atoms with van der Waals surface area (Å²) in [7, 11) is 1.56. The molecular formula is C19H26N2O5. The Kier molecular flexibility index (Phi) is 5.48. The minimum absolute atomic E-state index is 0.0327. The Bertz CT molecular complexity index is 652. The standard InChI is InChI=1S/C19H26N2O5/c1-3-10-20-11-8-19(9-12-20)21(16(13-26-19)18(23)24)17(22)14-4-6-15(25-2)7-5-14/h4-7,16H,3,8-13H2,1-2H3,(H,23,24)/t16-/m0/s1. The smallest absolute Gasteiger partial charge is 0.328 e. The lowest BCUT2D eigenvalue weighted by atomic mass is 9.96. The van der Waals surface area contributed by atoms with Crippen molar-refractivity contribution >= 4 is 11.9 Å². The molecular weight excluding hydrogens is 336 g/mol. The average molecular weight is 362 g/mol. The molecule has 1 atom stereocenters. The number of carbonyl (C=O) groups excluding carboxylic acids is 1. The first kappa shape index (κ1) is 18.7. The van der Waals surface area contributed by atoms with Gasteiger partial charge in [-0.2, -0.15) is 0 Å². The molecule has 2 heterocycles. The third-order valence-corrected chi connectivity index (χ3v) is 5.28. The van der Waals surface area contributed by atoms with Crippen molar-refractivity contribution in [2.24, 2.45) is 0 Å². The molecule has 2 saturated heterocycles. The highest BCUT2D eigenvalue weighted by atomic mass is 16.5. The summed E-state index contributed by atoms with van der Waals surface area (Å²) in [5.74, 6) is -0.683. The van der Waals surface area contributed by atoms with E-state index in [-0.39, 0.29) is 12.5 Å². The van der Waals surface area contributed by atoms with Crippen molar-refractivity contribution < 1.29 is 24.2 Å². The van der Waals surface area contributed by atoms with Crippen molar-refractivity contribution in [1.82, 2.24) is 9.80 Å². The molecule has 7 heteroatoms. The fourth-order valence-corrected chi connectivity index (χ4v) is 3.87. The van der Waals surface area contributed by atoms with E-state index in [9.17, 15) is 14.7 Å². The molecule has 1 spiro atoms. The Morgan fingerprint density at radius 1 is 1.27 bits per heavy atom. The number of hydrogen-bond donors (Lipinski definition) is 1. The highest BCUT2D eigenvalue weighted by Gasteiger charge is 2.53. The molecule has 7 nitrogen and oxygen atoms in total. The van der Waals surface area contributed by atoms with Crippen LogP contribution in [0.15, 0.2) is 24.3 Å². The summed E-state index contributed by atoms with van der Waals surface area (Å²) in [6, 6.07) is 5.78. The lowest BCUT2D eigenvalue weighted by molar-refractivity contribution is -0.143. The van der Waals surface area contributed by atoms with Crippen molar-refractivity contribution in [3.05, 3.63) is 29.8 Å². The van der Waals surface area contributed by atoms with Gasteiger partial charge in [0, 0.05) is 31.5 Å². The lowest BCUT2D eigenvalue weighted by Gasteiger charge is -2.44. The van der Waals surface area contributed by atoms with E-state index in [1.54, 1.807) is 31.4 Å². The number of amides is 1. The number of nitrogens with zero attached hydrogens (tertiary/aromatic N) is 2. The van der Waals surface area contributed by atoms with Gasteiger partial charge in [-0.1, -0.05) is 6.92 Å². The summed E-state index contributed by atoms with van der Waals surface area (Å²) in [5, 5.41) is 9.61. The molecule has 2 fully saturated rings. The van der Waals surface area contributed by atoms with Crippen molar-refractivity contribution in [3.63, 3.8) is 0 Å². The van der Waals surface area contributed by atoms with E-state index < -0.39 is 17.7 Å². The van der Waals surface area contributed by atoms with Crippen molar-refractivity contribution in [3.8, 4) is 5.75 Å². The van der Waals surface area contributed by atoms with E-state index in [0.29, 0.717) is 24.2 Å². The van der Waals surface area contributed by atoms with E-state index in [0.717, 1.165) is 26.1 Å². The molecule has 1 aromatic rings. The third-order valence-electron chi connectivity index (χ3n) is 5.28. The molecule has 0 bridgehead atoms. The molecule has 1 aromatic carbocycles. The number of carboxylic acids is 1.